The zero-order chi connectivity index (χ0) is 17.4. The fourth-order valence-electron chi connectivity index (χ4n) is 3.61. The van der Waals surface area contributed by atoms with Crippen molar-refractivity contribution in [1.29, 1.82) is 0 Å². The van der Waals surface area contributed by atoms with Crippen LogP contribution in [0.2, 0.25) is 0 Å². The number of halogens is 1. The molecule has 0 bridgehead atoms. The Morgan fingerprint density at radius 3 is 2.44 bits per heavy atom. The first kappa shape index (κ1) is 15.7. The average molecular weight is 337 g/mol. The van der Waals surface area contributed by atoms with E-state index in [1.165, 1.54) is 6.07 Å². The number of hydrogen-bond acceptors (Lipinski definition) is 3. The van der Waals surface area contributed by atoms with Crippen LogP contribution in [0.1, 0.15) is 10.4 Å². The number of rotatable bonds is 3. The Labute approximate surface area is 146 Å². The molecule has 0 aliphatic carbocycles. The highest BCUT2D eigenvalue weighted by Gasteiger charge is 2.20. The monoisotopic (exact) mass is 337 g/mol. The van der Waals surface area contributed by atoms with Crippen molar-refractivity contribution in [2.24, 2.45) is 7.05 Å². The molecule has 2 aromatic carbocycles. The van der Waals surface area contributed by atoms with Crippen molar-refractivity contribution in [3.8, 4) is 0 Å². The first-order valence-electron chi connectivity index (χ1n) is 8.46. The predicted molar refractivity (Wildman–Crippen MR) is 99.1 cm³/mol. The highest BCUT2D eigenvalue weighted by molar-refractivity contribution is 5.99. The maximum atomic E-state index is 14.0. The molecule has 2 heterocycles. The van der Waals surface area contributed by atoms with Crippen LogP contribution in [-0.2, 0) is 7.05 Å². The molecule has 128 valence electrons. The standard InChI is InChI=1S/C20H20FN3O/c1-22-13-15(14-25)17-12-16(6-7-19(17)22)23-8-10-24(11-9-23)20-5-3-2-4-18(20)21/h2-7,12-14H,8-11H2,1H3. The SMILES string of the molecule is Cn1cc(C=O)c2cc(N3CCN(c4ccccc4F)CC3)ccc21. The van der Waals surface area contributed by atoms with E-state index in [1.807, 2.05) is 29.9 Å². The molecule has 25 heavy (non-hydrogen) atoms. The molecule has 1 saturated heterocycles. The van der Waals surface area contributed by atoms with E-state index in [0.717, 1.165) is 49.1 Å². The first-order chi connectivity index (χ1) is 12.2. The van der Waals surface area contributed by atoms with Gasteiger partial charge >= 0.3 is 0 Å². The van der Waals surface area contributed by atoms with E-state index in [-0.39, 0.29) is 5.82 Å². The van der Waals surface area contributed by atoms with Gasteiger partial charge < -0.3 is 14.4 Å². The number of aromatic nitrogens is 1. The molecule has 1 aromatic heterocycles. The van der Waals surface area contributed by atoms with Gasteiger partial charge in [-0.05, 0) is 30.3 Å². The van der Waals surface area contributed by atoms with Crippen molar-refractivity contribution in [2.45, 2.75) is 0 Å². The molecule has 1 aliphatic rings. The molecule has 0 amide bonds. The molecule has 0 spiro atoms. The largest absolute Gasteiger partial charge is 0.368 e. The van der Waals surface area contributed by atoms with Gasteiger partial charge in [0.25, 0.3) is 0 Å². The van der Waals surface area contributed by atoms with E-state index in [0.29, 0.717) is 11.3 Å². The van der Waals surface area contributed by atoms with Crippen molar-refractivity contribution in [2.75, 3.05) is 36.0 Å². The van der Waals surface area contributed by atoms with E-state index in [9.17, 15) is 9.18 Å². The number of benzene rings is 2. The lowest BCUT2D eigenvalue weighted by molar-refractivity contribution is 0.112. The van der Waals surface area contributed by atoms with Crippen molar-refractivity contribution in [3.05, 3.63) is 60.0 Å². The number of aldehydes is 1. The zero-order valence-electron chi connectivity index (χ0n) is 14.2. The van der Waals surface area contributed by atoms with Gasteiger partial charge in [0.05, 0.1) is 5.69 Å². The maximum Gasteiger partial charge on any atom is 0.152 e. The van der Waals surface area contributed by atoms with E-state index < -0.39 is 0 Å². The van der Waals surface area contributed by atoms with E-state index in [4.69, 9.17) is 0 Å². The Morgan fingerprint density at radius 2 is 1.72 bits per heavy atom. The van der Waals surface area contributed by atoms with Crippen molar-refractivity contribution < 1.29 is 9.18 Å². The fraction of sp³-hybridized carbons (Fsp3) is 0.250. The highest BCUT2D eigenvalue weighted by Crippen LogP contribution is 2.27. The summed E-state index contributed by atoms with van der Waals surface area (Å²) in [4.78, 5) is 15.7. The Bertz CT molecular complexity index is 926. The summed E-state index contributed by atoms with van der Waals surface area (Å²) in [7, 11) is 1.95. The van der Waals surface area contributed by atoms with Gasteiger partial charge in [-0.15, -0.1) is 0 Å². The van der Waals surface area contributed by atoms with Gasteiger partial charge in [0.2, 0.25) is 0 Å². The molecule has 1 fully saturated rings. The lowest BCUT2D eigenvalue weighted by atomic mass is 10.1. The Kier molecular flexibility index (Phi) is 3.92. The number of para-hydroxylation sites is 1. The smallest absolute Gasteiger partial charge is 0.152 e. The van der Waals surface area contributed by atoms with Gasteiger partial charge in [-0.1, -0.05) is 12.1 Å². The maximum absolute atomic E-state index is 14.0. The Hall–Kier alpha value is -2.82. The zero-order valence-corrected chi connectivity index (χ0v) is 14.2. The van der Waals surface area contributed by atoms with Crippen LogP contribution in [0.15, 0.2) is 48.7 Å². The summed E-state index contributed by atoms with van der Waals surface area (Å²) in [5.41, 5.74) is 3.54. The summed E-state index contributed by atoms with van der Waals surface area (Å²) >= 11 is 0. The second-order valence-electron chi connectivity index (χ2n) is 6.44. The van der Waals surface area contributed by atoms with Gasteiger partial charge in [-0.3, -0.25) is 4.79 Å². The third-order valence-electron chi connectivity index (χ3n) is 4.97. The van der Waals surface area contributed by atoms with Gasteiger partial charge in [-0.25, -0.2) is 4.39 Å². The molecule has 4 nitrogen and oxygen atoms in total. The third-order valence-corrected chi connectivity index (χ3v) is 4.97. The number of aryl methyl sites for hydroxylation is 1. The summed E-state index contributed by atoms with van der Waals surface area (Å²) in [6, 6.07) is 13.2. The molecule has 0 saturated carbocycles. The minimum Gasteiger partial charge on any atom is -0.368 e. The number of fused-ring (bicyclic) bond motifs is 1. The molecule has 0 atom stereocenters. The van der Waals surface area contributed by atoms with Gasteiger partial charge in [0, 0.05) is 61.6 Å². The van der Waals surface area contributed by atoms with Gasteiger partial charge in [0.1, 0.15) is 5.82 Å². The average Bonchev–Trinajstić information content (AvgIpc) is 2.98. The second-order valence-corrected chi connectivity index (χ2v) is 6.44. The molecule has 1 aliphatic heterocycles. The van der Waals surface area contributed by atoms with Crippen LogP contribution in [0.4, 0.5) is 15.8 Å². The van der Waals surface area contributed by atoms with Crippen LogP contribution < -0.4 is 9.80 Å². The van der Waals surface area contributed by atoms with E-state index in [1.54, 1.807) is 6.07 Å². The number of nitrogens with zero attached hydrogens (tertiary/aromatic N) is 3. The highest BCUT2D eigenvalue weighted by atomic mass is 19.1. The number of carbonyl (C=O) groups excluding carboxylic acids is 1. The Morgan fingerprint density at radius 1 is 1.00 bits per heavy atom. The summed E-state index contributed by atoms with van der Waals surface area (Å²) in [6.45, 7) is 3.19. The van der Waals surface area contributed by atoms with E-state index in [2.05, 4.69) is 28.0 Å². The van der Waals surface area contributed by atoms with Gasteiger partial charge in [-0.2, -0.15) is 0 Å². The van der Waals surface area contributed by atoms with Crippen LogP contribution in [0, 0.1) is 5.82 Å². The third kappa shape index (κ3) is 2.76. The number of hydrogen-bond donors (Lipinski definition) is 0. The number of anilines is 2. The van der Waals surface area contributed by atoms with E-state index >= 15 is 0 Å². The summed E-state index contributed by atoms with van der Waals surface area (Å²) < 4.78 is 15.9. The summed E-state index contributed by atoms with van der Waals surface area (Å²) in [5.74, 6) is -0.169. The summed E-state index contributed by atoms with van der Waals surface area (Å²) in [6.07, 6.45) is 2.76. The molecule has 0 unspecified atom stereocenters. The van der Waals surface area contributed by atoms with Crippen molar-refractivity contribution in [3.63, 3.8) is 0 Å². The van der Waals surface area contributed by atoms with Crippen molar-refractivity contribution in [1.82, 2.24) is 4.57 Å². The molecule has 3 aromatic rings. The molecular weight excluding hydrogens is 317 g/mol. The molecule has 0 N–H and O–H groups in total. The number of carbonyl (C=O) groups is 1. The van der Waals surface area contributed by atoms with Crippen LogP contribution >= 0.6 is 0 Å². The quantitative estimate of drug-likeness (QED) is 0.685. The number of piperazine rings is 1. The minimum atomic E-state index is -0.169. The minimum absolute atomic E-state index is 0.169. The fourth-order valence-corrected chi connectivity index (χ4v) is 3.61. The Balaban J connectivity index is 1.55. The predicted octanol–water partition coefficient (Wildman–Crippen LogP) is 3.46. The molecular formula is C20H20FN3O. The lowest BCUT2D eigenvalue weighted by Gasteiger charge is -2.37. The van der Waals surface area contributed by atoms with Crippen molar-refractivity contribution >= 4 is 28.6 Å². The topological polar surface area (TPSA) is 28.5 Å². The van der Waals surface area contributed by atoms with Gasteiger partial charge in [0.15, 0.2) is 6.29 Å². The summed E-state index contributed by atoms with van der Waals surface area (Å²) in [5, 5.41) is 0.978. The van der Waals surface area contributed by atoms with Crippen LogP contribution in [0.3, 0.4) is 0 Å². The molecule has 0 radical (unpaired) electrons. The lowest BCUT2D eigenvalue weighted by Crippen LogP contribution is -2.46. The molecule has 4 rings (SSSR count). The second kappa shape index (κ2) is 6.24. The first-order valence-corrected chi connectivity index (χ1v) is 8.46. The van der Waals surface area contributed by atoms with Crippen LogP contribution in [0.5, 0.6) is 0 Å². The van der Waals surface area contributed by atoms with Crippen LogP contribution in [0.25, 0.3) is 10.9 Å². The molecule has 5 heteroatoms. The van der Waals surface area contributed by atoms with Crippen LogP contribution in [-0.4, -0.2) is 37.0 Å². The normalized spacial score (nSPS) is 15.0.